The van der Waals surface area contributed by atoms with Gasteiger partial charge in [-0.3, -0.25) is 9.36 Å². The second kappa shape index (κ2) is 6.80. The number of rotatable bonds is 3. The summed E-state index contributed by atoms with van der Waals surface area (Å²) in [5.74, 6) is 3.16. The first kappa shape index (κ1) is 16.6. The van der Waals surface area contributed by atoms with E-state index < -0.39 is 0 Å². The zero-order valence-corrected chi connectivity index (χ0v) is 15.2. The first-order valence-electron chi connectivity index (χ1n) is 7.96. The number of terminal acetylenes is 1. The quantitative estimate of drug-likeness (QED) is 0.467. The molecule has 0 amide bonds. The van der Waals surface area contributed by atoms with Crippen LogP contribution in [0.25, 0.3) is 32.7 Å². The van der Waals surface area contributed by atoms with Crippen molar-refractivity contribution in [1.82, 2.24) is 9.55 Å². The smallest absolute Gasteiger partial charge is 0.264 e. The maximum atomic E-state index is 13.2. The summed E-state index contributed by atoms with van der Waals surface area (Å²) in [4.78, 5) is 18.7. The summed E-state index contributed by atoms with van der Waals surface area (Å²) in [6.45, 7) is 0.169. The van der Waals surface area contributed by atoms with Gasteiger partial charge < -0.3 is 0 Å². The van der Waals surface area contributed by atoms with Gasteiger partial charge in [0, 0.05) is 21.5 Å². The van der Waals surface area contributed by atoms with Crippen molar-refractivity contribution in [1.29, 1.82) is 0 Å². The zero-order valence-electron chi connectivity index (χ0n) is 13.6. The van der Waals surface area contributed by atoms with Crippen molar-refractivity contribution in [3.05, 3.63) is 75.4 Å². The van der Waals surface area contributed by atoms with E-state index in [1.54, 1.807) is 4.57 Å². The average molecular weight is 377 g/mol. The van der Waals surface area contributed by atoms with E-state index >= 15 is 0 Å². The molecule has 4 aromatic rings. The fourth-order valence-corrected chi connectivity index (χ4v) is 3.98. The maximum absolute atomic E-state index is 13.2. The van der Waals surface area contributed by atoms with Crippen molar-refractivity contribution in [2.24, 2.45) is 0 Å². The molecule has 0 bridgehead atoms. The molecule has 0 atom stereocenters. The summed E-state index contributed by atoms with van der Waals surface area (Å²) >= 11 is 7.43. The molecule has 0 radical (unpaired) electrons. The van der Waals surface area contributed by atoms with Gasteiger partial charge in [-0.15, -0.1) is 17.8 Å². The fourth-order valence-electron chi connectivity index (χ4n) is 2.91. The molecule has 4 rings (SSSR count). The minimum atomic E-state index is -0.127. The molecule has 0 saturated carbocycles. The summed E-state index contributed by atoms with van der Waals surface area (Å²) in [6.07, 6.45) is 5.51. The number of benzene rings is 2. The van der Waals surface area contributed by atoms with Crippen LogP contribution < -0.4 is 5.56 Å². The molecule has 26 heavy (non-hydrogen) atoms. The highest BCUT2D eigenvalue weighted by Gasteiger charge is 2.17. The summed E-state index contributed by atoms with van der Waals surface area (Å²) in [5.41, 5.74) is 2.52. The van der Waals surface area contributed by atoms with Gasteiger partial charge in [-0.05, 0) is 17.7 Å². The highest BCUT2D eigenvalue weighted by molar-refractivity contribution is 7.17. The number of aromatic nitrogens is 2. The van der Waals surface area contributed by atoms with Crippen molar-refractivity contribution in [3.8, 4) is 34.9 Å². The summed E-state index contributed by atoms with van der Waals surface area (Å²) in [6, 6.07) is 17.0. The topological polar surface area (TPSA) is 34.9 Å². The van der Waals surface area contributed by atoms with Crippen LogP contribution in [0.2, 0.25) is 5.02 Å². The van der Waals surface area contributed by atoms with Gasteiger partial charge in [-0.2, -0.15) is 0 Å². The molecule has 0 aliphatic rings. The SMILES string of the molecule is C#CCn1c(-c2ccccc2)nc2scc(-c3ccc(Cl)cc3)c2c1=O. The Labute approximate surface area is 159 Å². The van der Waals surface area contributed by atoms with E-state index in [2.05, 4.69) is 5.92 Å². The van der Waals surface area contributed by atoms with E-state index in [1.165, 1.54) is 11.3 Å². The van der Waals surface area contributed by atoms with Gasteiger partial charge in [-0.1, -0.05) is 60.0 Å². The Hall–Kier alpha value is -2.87. The first-order chi connectivity index (χ1) is 12.7. The Morgan fingerprint density at radius 2 is 1.81 bits per heavy atom. The number of hydrogen-bond acceptors (Lipinski definition) is 3. The fraction of sp³-hybridized carbons (Fsp3) is 0.0476. The van der Waals surface area contributed by atoms with Gasteiger partial charge in [0.05, 0.1) is 11.9 Å². The lowest BCUT2D eigenvalue weighted by molar-refractivity contribution is 0.796. The van der Waals surface area contributed by atoms with E-state index in [0.29, 0.717) is 21.1 Å². The van der Waals surface area contributed by atoms with E-state index in [9.17, 15) is 4.79 Å². The minimum absolute atomic E-state index is 0.127. The van der Waals surface area contributed by atoms with Gasteiger partial charge in [0.25, 0.3) is 5.56 Å². The highest BCUT2D eigenvalue weighted by atomic mass is 35.5. The second-order valence-electron chi connectivity index (χ2n) is 5.73. The van der Waals surface area contributed by atoms with Crippen LogP contribution in [0.4, 0.5) is 0 Å². The Balaban J connectivity index is 2.01. The molecule has 0 unspecified atom stereocenters. The van der Waals surface area contributed by atoms with Gasteiger partial charge in [0.15, 0.2) is 0 Å². The van der Waals surface area contributed by atoms with Crippen molar-refractivity contribution >= 4 is 33.2 Å². The molecule has 0 saturated heterocycles. The number of hydrogen-bond donors (Lipinski definition) is 0. The standard InChI is InChI=1S/C21H13ClN2OS/c1-2-12-24-19(15-6-4-3-5-7-15)23-20-18(21(24)25)17(13-26-20)14-8-10-16(22)11-9-14/h1,3-11,13H,12H2. The van der Waals surface area contributed by atoms with Crippen LogP contribution >= 0.6 is 22.9 Å². The molecule has 0 aliphatic carbocycles. The van der Waals surface area contributed by atoms with Crippen LogP contribution in [0.1, 0.15) is 0 Å². The van der Waals surface area contributed by atoms with E-state index in [1.807, 2.05) is 60.0 Å². The predicted octanol–water partition coefficient (Wildman–Crippen LogP) is 5.08. The number of fused-ring (bicyclic) bond motifs is 1. The molecule has 0 fully saturated rings. The van der Waals surface area contributed by atoms with Gasteiger partial charge in [0.2, 0.25) is 0 Å². The largest absolute Gasteiger partial charge is 0.280 e. The Morgan fingerprint density at radius 1 is 1.08 bits per heavy atom. The first-order valence-corrected chi connectivity index (χ1v) is 9.21. The van der Waals surface area contributed by atoms with Crippen LogP contribution in [-0.4, -0.2) is 9.55 Å². The van der Waals surface area contributed by atoms with Crippen LogP contribution in [0.3, 0.4) is 0 Å². The van der Waals surface area contributed by atoms with Crippen molar-refractivity contribution in [2.75, 3.05) is 0 Å². The summed E-state index contributed by atoms with van der Waals surface area (Å²) < 4.78 is 1.56. The maximum Gasteiger partial charge on any atom is 0.264 e. The highest BCUT2D eigenvalue weighted by Crippen LogP contribution is 2.32. The Kier molecular flexibility index (Phi) is 4.34. The normalized spacial score (nSPS) is 10.8. The number of halogens is 1. The molecule has 0 N–H and O–H groups in total. The molecular weight excluding hydrogens is 364 g/mol. The lowest BCUT2D eigenvalue weighted by Crippen LogP contribution is -2.22. The van der Waals surface area contributed by atoms with Crippen molar-refractivity contribution < 1.29 is 0 Å². The van der Waals surface area contributed by atoms with Crippen LogP contribution in [0.5, 0.6) is 0 Å². The average Bonchev–Trinajstić information content (AvgIpc) is 3.09. The molecule has 0 aliphatic heterocycles. The molecule has 3 nitrogen and oxygen atoms in total. The predicted molar refractivity (Wildman–Crippen MR) is 109 cm³/mol. The third kappa shape index (κ3) is 2.82. The Bertz CT molecular complexity index is 1190. The minimum Gasteiger partial charge on any atom is -0.280 e. The van der Waals surface area contributed by atoms with Gasteiger partial charge in [-0.25, -0.2) is 4.98 Å². The van der Waals surface area contributed by atoms with Crippen molar-refractivity contribution in [2.45, 2.75) is 6.54 Å². The molecule has 5 heteroatoms. The van der Waals surface area contributed by atoms with E-state index in [0.717, 1.165) is 16.7 Å². The molecule has 2 aromatic heterocycles. The van der Waals surface area contributed by atoms with Crippen LogP contribution in [0, 0.1) is 12.3 Å². The summed E-state index contributed by atoms with van der Waals surface area (Å²) in [5, 5.41) is 3.20. The van der Waals surface area contributed by atoms with Gasteiger partial charge in [0.1, 0.15) is 10.7 Å². The molecule has 0 spiro atoms. The molecule has 2 heterocycles. The Morgan fingerprint density at radius 3 is 2.50 bits per heavy atom. The van der Waals surface area contributed by atoms with Crippen LogP contribution in [0.15, 0.2) is 64.8 Å². The molecule has 2 aromatic carbocycles. The van der Waals surface area contributed by atoms with Crippen molar-refractivity contribution in [3.63, 3.8) is 0 Å². The monoisotopic (exact) mass is 376 g/mol. The van der Waals surface area contributed by atoms with Crippen LogP contribution in [-0.2, 0) is 6.54 Å². The van der Waals surface area contributed by atoms with E-state index in [-0.39, 0.29) is 12.1 Å². The third-order valence-corrected chi connectivity index (χ3v) is 5.25. The number of thiophene rings is 1. The lowest BCUT2D eigenvalue weighted by atomic mass is 10.1. The second-order valence-corrected chi connectivity index (χ2v) is 7.03. The number of nitrogens with zero attached hydrogens (tertiary/aromatic N) is 2. The summed E-state index contributed by atoms with van der Waals surface area (Å²) in [7, 11) is 0. The van der Waals surface area contributed by atoms with Gasteiger partial charge >= 0.3 is 0 Å². The molecular formula is C21H13ClN2OS. The molecule has 126 valence electrons. The lowest BCUT2D eigenvalue weighted by Gasteiger charge is -2.10. The third-order valence-electron chi connectivity index (χ3n) is 4.13. The van der Waals surface area contributed by atoms with E-state index in [4.69, 9.17) is 23.0 Å². The zero-order chi connectivity index (χ0) is 18.1.